The van der Waals surface area contributed by atoms with Gasteiger partial charge in [-0.05, 0) is 62.5 Å². The second kappa shape index (κ2) is 7.79. The van der Waals surface area contributed by atoms with Crippen LogP contribution in [-0.2, 0) is 12.8 Å². The minimum absolute atomic E-state index is 0.182. The van der Waals surface area contributed by atoms with Crippen molar-refractivity contribution in [3.63, 3.8) is 0 Å². The number of fused-ring (bicyclic) bond motifs is 5. The number of hydrogen-bond donors (Lipinski definition) is 2. The number of nitrogens with one attached hydrogen (secondary N) is 1. The van der Waals surface area contributed by atoms with Crippen LogP contribution in [-0.4, -0.2) is 46.3 Å². The zero-order valence-electron chi connectivity index (χ0n) is 16.2. The summed E-state index contributed by atoms with van der Waals surface area (Å²) < 4.78 is 1.09. The van der Waals surface area contributed by atoms with Crippen molar-refractivity contribution in [3.05, 3.63) is 17.5 Å². The number of rotatable bonds is 5. The minimum atomic E-state index is 0.182. The van der Waals surface area contributed by atoms with E-state index in [1.807, 2.05) is 0 Å². The van der Waals surface area contributed by atoms with Gasteiger partial charge in [-0.2, -0.15) is 0 Å². The first-order valence-corrected chi connectivity index (χ1v) is 11.4. The van der Waals surface area contributed by atoms with E-state index in [0.717, 1.165) is 46.8 Å². The average molecular weight is 398 g/mol. The van der Waals surface area contributed by atoms with Crippen LogP contribution in [0.4, 0.5) is 11.6 Å². The Bertz CT molecular complexity index is 996. The number of aryl methyl sites for hydroxylation is 1. The van der Waals surface area contributed by atoms with E-state index in [1.54, 1.807) is 17.7 Å². The van der Waals surface area contributed by atoms with Crippen molar-refractivity contribution in [2.24, 2.45) is 0 Å². The highest BCUT2D eigenvalue weighted by Crippen LogP contribution is 2.42. The largest absolute Gasteiger partial charge is 0.396 e. The molecule has 0 saturated carbocycles. The number of pyridine rings is 1. The molecule has 0 bridgehead atoms. The van der Waals surface area contributed by atoms with Gasteiger partial charge in [0.25, 0.3) is 0 Å². The standard InChI is InChI=1S/C21H27N5OS/c27-12-6-9-22-19-18-17(23-13-24-19)16-14-7-2-3-8-15(14)20(25-21(16)28-18)26-10-4-1-5-11-26/h13,27H,1-12H2,(H,22,23,24). The first-order chi connectivity index (χ1) is 13.9. The van der Waals surface area contributed by atoms with E-state index < -0.39 is 0 Å². The quantitative estimate of drug-likeness (QED) is 0.636. The van der Waals surface area contributed by atoms with Gasteiger partial charge in [0.05, 0.1) is 10.2 Å². The zero-order chi connectivity index (χ0) is 18.9. The van der Waals surface area contributed by atoms with Gasteiger partial charge in [0.15, 0.2) is 0 Å². The van der Waals surface area contributed by atoms with Crippen LogP contribution >= 0.6 is 11.3 Å². The number of aliphatic hydroxyl groups excluding tert-OH is 1. The molecule has 0 atom stereocenters. The molecule has 0 unspecified atom stereocenters. The molecule has 148 valence electrons. The SMILES string of the molecule is OCCCNc1ncnc2c1sc1nc(N3CCCCC3)c3c(c12)CCCC3. The fourth-order valence-electron chi connectivity index (χ4n) is 4.62. The van der Waals surface area contributed by atoms with Gasteiger partial charge in [0.1, 0.15) is 22.8 Å². The first kappa shape index (κ1) is 18.1. The monoisotopic (exact) mass is 397 g/mol. The van der Waals surface area contributed by atoms with E-state index in [2.05, 4.69) is 20.2 Å². The summed E-state index contributed by atoms with van der Waals surface area (Å²) in [4.78, 5) is 17.9. The van der Waals surface area contributed by atoms with Gasteiger partial charge in [-0.25, -0.2) is 15.0 Å². The van der Waals surface area contributed by atoms with Crippen molar-refractivity contribution in [2.75, 3.05) is 36.5 Å². The molecule has 0 amide bonds. The van der Waals surface area contributed by atoms with Crippen LogP contribution in [0.5, 0.6) is 0 Å². The zero-order valence-corrected chi connectivity index (χ0v) is 17.0. The predicted octanol–water partition coefficient (Wildman–Crippen LogP) is 3.90. The molecule has 5 rings (SSSR count). The normalized spacial score (nSPS) is 17.2. The lowest BCUT2D eigenvalue weighted by Gasteiger charge is -2.31. The van der Waals surface area contributed by atoms with Gasteiger partial charge < -0.3 is 15.3 Å². The van der Waals surface area contributed by atoms with Crippen molar-refractivity contribution in [3.8, 4) is 0 Å². The Kier molecular flexibility index (Phi) is 5.03. The Morgan fingerprint density at radius 2 is 1.86 bits per heavy atom. The molecule has 4 heterocycles. The summed E-state index contributed by atoms with van der Waals surface area (Å²) >= 11 is 1.71. The van der Waals surface area contributed by atoms with Crippen molar-refractivity contribution in [1.29, 1.82) is 0 Å². The molecule has 1 aliphatic heterocycles. The van der Waals surface area contributed by atoms with Crippen LogP contribution in [0.2, 0.25) is 0 Å². The lowest BCUT2D eigenvalue weighted by Crippen LogP contribution is -2.31. The lowest BCUT2D eigenvalue weighted by atomic mass is 9.89. The van der Waals surface area contributed by atoms with Crippen molar-refractivity contribution in [2.45, 2.75) is 51.4 Å². The molecule has 3 aromatic heterocycles. The summed E-state index contributed by atoms with van der Waals surface area (Å²) in [5.41, 5.74) is 3.98. The summed E-state index contributed by atoms with van der Waals surface area (Å²) in [6, 6.07) is 0. The maximum absolute atomic E-state index is 9.07. The van der Waals surface area contributed by atoms with Crippen molar-refractivity contribution in [1.82, 2.24) is 15.0 Å². The summed E-state index contributed by atoms with van der Waals surface area (Å²) in [7, 11) is 0. The molecule has 2 aliphatic rings. The number of aromatic nitrogens is 3. The van der Waals surface area contributed by atoms with E-state index in [9.17, 15) is 0 Å². The molecular formula is C21H27N5OS. The van der Waals surface area contributed by atoms with Gasteiger partial charge in [0, 0.05) is 31.6 Å². The van der Waals surface area contributed by atoms with E-state index in [4.69, 9.17) is 10.1 Å². The number of nitrogens with zero attached hydrogens (tertiary/aromatic N) is 4. The Hall–Kier alpha value is -1.99. The lowest BCUT2D eigenvalue weighted by molar-refractivity contribution is 0.292. The third-order valence-electron chi connectivity index (χ3n) is 5.98. The van der Waals surface area contributed by atoms with Crippen molar-refractivity contribution < 1.29 is 5.11 Å². The van der Waals surface area contributed by atoms with Gasteiger partial charge >= 0.3 is 0 Å². The highest BCUT2D eigenvalue weighted by atomic mass is 32.1. The average Bonchev–Trinajstić information content (AvgIpc) is 3.14. The summed E-state index contributed by atoms with van der Waals surface area (Å²) in [6.07, 6.45) is 11.0. The Labute approximate surface area is 169 Å². The molecule has 6 nitrogen and oxygen atoms in total. The highest BCUT2D eigenvalue weighted by Gasteiger charge is 2.26. The van der Waals surface area contributed by atoms with Gasteiger partial charge in [-0.3, -0.25) is 0 Å². The van der Waals surface area contributed by atoms with Crippen LogP contribution in [0, 0.1) is 0 Å². The van der Waals surface area contributed by atoms with Crippen molar-refractivity contribution >= 4 is 43.4 Å². The topological polar surface area (TPSA) is 74.2 Å². The Morgan fingerprint density at radius 3 is 2.68 bits per heavy atom. The summed E-state index contributed by atoms with van der Waals surface area (Å²) in [6.45, 7) is 3.15. The van der Waals surface area contributed by atoms with Crippen LogP contribution in [0.15, 0.2) is 6.33 Å². The molecule has 0 radical (unpaired) electrons. The molecule has 2 N–H and O–H groups in total. The molecule has 1 aliphatic carbocycles. The number of aliphatic hydroxyl groups is 1. The molecule has 0 aromatic carbocycles. The second-order valence-electron chi connectivity index (χ2n) is 7.83. The third-order valence-corrected chi connectivity index (χ3v) is 7.06. The van der Waals surface area contributed by atoms with E-state index in [-0.39, 0.29) is 6.61 Å². The molecular weight excluding hydrogens is 370 g/mol. The smallest absolute Gasteiger partial charge is 0.147 e. The summed E-state index contributed by atoms with van der Waals surface area (Å²) in [5.74, 6) is 2.10. The molecule has 1 saturated heterocycles. The number of piperidine rings is 1. The van der Waals surface area contributed by atoms with Gasteiger partial charge in [-0.15, -0.1) is 11.3 Å². The molecule has 7 heteroatoms. The number of hydrogen-bond acceptors (Lipinski definition) is 7. The second-order valence-corrected chi connectivity index (χ2v) is 8.83. The Morgan fingerprint density at radius 1 is 1.04 bits per heavy atom. The predicted molar refractivity (Wildman–Crippen MR) is 116 cm³/mol. The fourth-order valence-corrected chi connectivity index (χ4v) is 5.74. The third kappa shape index (κ3) is 3.10. The maximum Gasteiger partial charge on any atom is 0.147 e. The van der Waals surface area contributed by atoms with E-state index in [1.165, 1.54) is 54.4 Å². The van der Waals surface area contributed by atoms with Gasteiger partial charge in [-0.1, -0.05) is 0 Å². The van der Waals surface area contributed by atoms with Crippen LogP contribution in [0.1, 0.15) is 49.7 Å². The Balaban J connectivity index is 1.68. The van der Waals surface area contributed by atoms with Crippen LogP contribution < -0.4 is 10.2 Å². The van der Waals surface area contributed by atoms with Gasteiger partial charge in [0.2, 0.25) is 0 Å². The van der Waals surface area contributed by atoms with E-state index in [0.29, 0.717) is 13.0 Å². The molecule has 1 fully saturated rings. The number of anilines is 2. The van der Waals surface area contributed by atoms with Crippen LogP contribution in [0.3, 0.4) is 0 Å². The minimum Gasteiger partial charge on any atom is -0.396 e. The van der Waals surface area contributed by atoms with E-state index >= 15 is 0 Å². The first-order valence-electron chi connectivity index (χ1n) is 10.6. The molecule has 28 heavy (non-hydrogen) atoms. The fraction of sp³-hybridized carbons (Fsp3) is 0.571. The highest BCUT2D eigenvalue weighted by molar-refractivity contribution is 7.26. The summed E-state index contributed by atoms with van der Waals surface area (Å²) in [5, 5.41) is 13.7. The molecule has 3 aromatic rings. The maximum atomic E-state index is 9.07. The number of thiophene rings is 1. The molecule has 0 spiro atoms. The van der Waals surface area contributed by atoms with Crippen LogP contribution in [0.25, 0.3) is 20.4 Å².